The van der Waals surface area contributed by atoms with Crippen molar-refractivity contribution in [3.63, 3.8) is 0 Å². The molecule has 0 bridgehead atoms. The van der Waals surface area contributed by atoms with Crippen molar-refractivity contribution in [2.45, 2.75) is 12.7 Å². The van der Waals surface area contributed by atoms with Gasteiger partial charge in [-0.25, -0.2) is 4.79 Å². The van der Waals surface area contributed by atoms with E-state index in [1.165, 1.54) is 12.1 Å². The molecule has 5 rings (SSSR count). The molecule has 1 saturated heterocycles. The number of benzene rings is 2. The molecule has 1 aliphatic rings. The standard InChI is InChI=1S/C27H29F3N8O/c1-36-9-11-38(12-10-36)16-18-5-8-20(13-22(18)27(28,29)30)34-26(39)33-19-6-3-17(4-7-19)21-14-32-15-23-24(21)25(31)35-37(23)2/h3-8,13-15H,9-12,16H2,1-2H3,(H2,31,35)(H2,33,34,39). The highest BCUT2D eigenvalue weighted by molar-refractivity contribution is 6.02. The molecule has 204 valence electrons. The van der Waals surface area contributed by atoms with E-state index in [0.29, 0.717) is 24.6 Å². The Morgan fingerprint density at radius 2 is 1.64 bits per heavy atom. The maximum Gasteiger partial charge on any atom is 0.416 e. The Kier molecular flexibility index (Phi) is 7.15. The average Bonchev–Trinajstić information content (AvgIpc) is 3.19. The van der Waals surface area contributed by atoms with E-state index >= 15 is 0 Å². The number of carbonyl (C=O) groups excluding carboxylic acids is 1. The van der Waals surface area contributed by atoms with Gasteiger partial charge in [-0.3, -0.25) is 14.6 Å². The quantitative estimate of drug-likeness (QED) is 0.342. The lowest BCUT2D eigenvalue weighted by Crippen LogP contribution is -2.44. The van der Waals surface area contributed by atoms with Crippen LogP contribution in [0.3, 0.4) is 0 Å². The second-order valence-electron chi connectivity index (χ2n) is 9.70. The highest BCUT2D eigenvalue weighted by atomic mass is 19.4. The number of nitrogen functional groups attached to an aromatic ring is 1. The van der Waals surface area contributed by atoms with Crippen molar-refractivity contribution >= 4 is 34.1 Å². The minimum Gasteiger partial charge on any atom is -0.382 e. The third-order valence-electron chi connectivity index (χ3n) is 6.91. The number of anilines is 3. The van der Waals surface area contributed by atoms with Crippen molar-refractivity contribution in [1.82, 2.24) is 24.6 Å². The number of alkyl halides is 3. The van der Waals surface area contributed by atoms with E-state index < -0.39 is 17.8 Å². The van der Waals surface area contributed by atoms with Gasteiger partial charge in [-0.15, -0.1) is 0 Å². The summed E-state index contributed by atoms with van der Waals surface area (Å²) in [6.07, 6.45) is -1.16. The van der Waals surface area contributed by atoms with Crippen molar-refractivity contribution in [2.75, 3.05) is 49.6 Å². The fourth-order valence-corrected chi connectivity index (χ4v) is 4.78. The monoisotopic (exact) mass is 538 g/mol. The normalized spacial score (nSPS) is 15.0. The van der Waals surface area contributed by atoms with Gasteiger partial charge in [0.25, 0.3) is 0 Å². The predicted octanol–water partition coefficient (Wildman–Crippen LogP) is 4.63. The highest BCUT2D eigenvalue weighted by Gasteiger charge is 2.34. The fourth-order valence-electron chi connectivity index (χ4n) is 4.78. The molecule has 2 aromatic heterocycles. The second-order valence-corrected chi connectivity index (χ2v) is 9.70. The first-order chi connectivity index (χ1) is 18.6. The molecule has 0 saturated carbocycles. The molecule has 12 heteroatoms. The average molecular weight is 539 g/mol. The Labute approximate surface area is 223 Å². The molecule has 4 N–H and O–H groups in total. The fraction of sp³-hybridized carbons (Fsp3) is 0.296. The van der Waals surface area contributed by atoms with Crippen LogP contribution < -0.4 is 16.4 Å². The number of fused-ring (bicyclic) bond motifs is 1. The van der Waals surface area contributed by atoms with Crippen LogP contribution in [0.5, 0.6) is 0 Å². The molecule has 0 unspecified atom stereocenters. The molecule has 3 heterocycles. The zero-order valence-corrected chi connectivity index (χ0v) is 21.6. The van der Waals surface area contributed by atoms with E-state index in [1.54, 1.807) is 48.4 Å². The van der Waals surface area contributed by atoms with Gasteiger partial charge in [-0.05, 0) is 42.4 Å². The van der Waals surface area contributed by atoms with Gasteiger partial charge in [-0.2, -0.15) is 18.3 Å². The van der Waals surface area contributed by atoms with Gasteiger partial charge in [0.2, 0.25) is 0 Å². The highest BCUT2D eigenvalue weighted by Crippen LogP contribution is 2.35. The number of nitrogens with one attached hydrogen (secondary N) is 2. The smallest absolute Gasteiger partial charge is 0.382 e. The molecule has 0 spiro atoms. The second kappa shape index (κ2) is 10.5. The van der Waals surface area contributed by atoms with Crippen molar-refractivity contribution in [3.05, 3.63) is 66.0 Å². The largest absolute Gasteiger partial charge is 0.416 e. The van der Waals surface area contributed by atoms with E-state index in [1.807, 2.05) is 11.9 Å². The summed E-state index contributed by atoms with van der Waals surface area (Å²) in [5, 5.41) is 10.2. The summed E-state index contributed by atoms with van der Waals surface area (Å²) in [7, 11) is 3.78. The zero-order valence-electron chi connectivity index (χ0n) is 21.6. The van der Waals surface area contributed by atoms with E-state index in [-0.39, 0.29) is 17.8 Å². The molecule has 9 nitrogen and oxygen atoms in total. The molecule has 2 aromatic carbocycles. The Bertz CT molecular complexity index is 1490. The third-order valence-corrected chi connectivity index (χ3v) is 6.91. The lowest BCUT2D eigenvalue weighted by atomic mass is 10.0. The first-order valence-electron chi connectivity index (χ1n) is 12.4. The first-order valence-corrected chi connectivity index (χ1v) is 12.4. The number of likely N-dealkylation sites (N-methyl/N-ethyl adjacent to an activating group) is 1. The number of hydrogen-bond acceptors (Lipinski definition) is 6. The molecule has 0 aliphatic carbocycles. The molecular weight excluding hydrogens is 509 g/mol. The zero-order chi connectivity index (χ0) is 27.7. The summed E-state index contributed by atoms with van der Waals surface area (Å²) in [6.45, 7) is 3.24. The van der Waals surface area contributed by atoms with Crippen LogP contribution in [0.1, 0.15) is 11.1 Å². The van der Waals surface area contributed by atoms with Crippen LogP contribution in [0.2, 0.25) is 0 Å². The van der Waals surface area contributed by atoms with Crippen LogP contribution in [0.15, 0.2) is 54.9 Å². The molecule has 1 aliphatic heterocycles. The van der Waals surface area contributed by atoms with Crippen molar-refractivity contribution < 1.29 is 18.0 Å². The molecule has 4 aromatic rings. The van der Waals surface area contributed by atoms with Crippen LogP contribution in [0, 0.1) is 0 Å². The van der Waals surface area contributed by atoms with Crippen molar-refractivity contribution in [3.8, 4) is 11.1 Å². The lowest BCUT2D eigenvalue weighted by molar-refractivity contribution is -0.138. The maximum atomic E-state index is 13.9. The van der Waals surface area contributed by atoms with Gasteiger partial charge in [0.15, 0.2) is 5.82 Å². The minimum atomic E-state index is -4.54. The summed E-state index contributed by atoms with van der Waals surface area (Å²) >= 11 is 0. The van der Waals surface area contributed by atoms with E-state index in [0.717, 1.165) is 41.2 Å². The van der Waals surface area contributed by atoms with Crippen LogP contribution in [0.25, 0.3) is 22.0 Å². The summed E-state index contributed by atoms with van der Waals surface area (Å²) in [5.41, 5.74) is 8.46. The number of nitrogens with zero attached hydrogens (tertiary/aromatic N) is 5. The van der Waals surface area contributed by atoms with Crippen LogP contribution in [-0.4, -0.2) is 63.8 Å². The van der Waals surface area contributed by atoms with E-state index in [9.17, 15) is 18.0 Å². The molecule has 39 heavy (non-hydrogen) atoms. The van der Waals surface area contributed by atoms with Crippen LogP contribution in [-0.2, 0) is 19.8 Å². The minimum absolute atomic E-state index is 0.0587. The number of nitrogens with two attached hydrogens (primary N) is 1. The summed E-state index contributed by atoms with van der Waals surface area (Å²) in [5.74, 6) is 0.388. The van der Waals surface area contributed by atoms with Gasteiger partial charge < -0.3 is 21.3 Å². The van der Waals surface area contributed by atoms with Crippen LogP contribution >= 0.6 is 0 Å². The number of aromatic nitrogens is 3. The number of carbonyl (C=O) groups is 1. The maximum absolute atomic E-state index is 13.9. The molecular formula is C27H29F3N8O. The molecule has 2 amide bonds. The summed E-state index contributed by atoms with van der Waals surface area (Å²) in [6, 6.07) is 10.3. The molecule has 1 fully saturated rings. The molecule has 0 atom stereocenters. The number of urea groups is 1. The number of halogens is 3. The Balaban J connectivity index is 1.28. The lowest BCUT2D eigenvalue weighted by Gasteiger charge is -2.33. The Morgan fingerprint density at radius 3 is 2.33 bits per heavy atom. The number of amides is 2. The van der Waals surface area contributed by atoms with E-state index in [4.69, 9.17) is 5.73 Å². The third kappa shape index (κ3) is 5.81. The van der Waals surface area contributed by atoms with Crippen molar-refractivity contribution in [1.29, 1.82) is 0 Å². The van der Waals surface area contributed by atoms with Crippen molar-refractivity contribution in [2.24, 2.45) is 7.05 Å². The van der Waals surface area contributed by atoms with Gasteiger partial charge in [0, 0.05) is 62.9 Å². The molecule has 0 radical (unpaired) electrons. The van der Waals surface area contributed by atoms with Gasteiger partial charge in [-0.1, -0.05) is 18.2 Å². The number of piperazine rings is 1. The first kappa shape index (κ1) is 26.4. The number of pyridine rings is 1. The van der Waals surface area contributed by atoms with Gasteiger partial charge in [0.1, 0.15) is 0 Å². The van der Waals surface area contributed by atoms with Gasteiger partial charge >= 0.3 is 12.2 Å². The van der Waals surface area contributed by atoms with Crippen LogP contribution in [0.4, 0.5) is 35.2 Å². The number of rotatable bonds is 5. The number of aryl methyl sites for hydroxylation is 1. The van der Waals surface area contributed by atoms with Gasteiger partial charge in [0.05, 0.1) is 22.7 Å². The van der Waals surface area contributed by atoms with E-state index in [2.05, 4.69) is 25.6 Å². The topological polar surface area (TPSA) is 104 Å². The predicted molar refractivity (Wildman–Crippen MR) is 145 cm³/mol. The Morgan fingerprint density at radius 1 is 0.974 bits per heavy atom. The summed E-state index contributed by atoms with van der Waals surface area (Å²) < 4.78 is 43.2. The SMILES string of the molecule is CN1CCN(Cc2ccc(NC(=O)Nc3ccc(-c4cncc5c4c(N)nn5C)cc3)cc2C(F)(F)F)CC1. The Hall–Kier alpha value is -4.16. The number of hydrogen-bond donors (Lipinski definition) is 3. The summed E-state index contributed by atoms with van der Waals surface area (Å²) in [4.78, 5) is 21.0.